The van der Waals surface area contributed by atoms with Crippen molar-refractivity contribution in [2.45, 2.75) is 83.3 Å². The largest absolute Gasteiger partial charge is 0.314 e. The Labute approximate surface area is 107 Å². The van der Waals surface area contributed by atoms with Crippen LogP contribution in [-0.2, 0) is 0 Å². The highest BCUT2D eigenvalue weighted by molar-refractivity contribution is 4.82. The fraction of sp³-hybridized carbons (Fsp3) is 1.00. The van der Waals surface area contributed by atoms with Crippen LogP contribution in [0, 0.1) is 5.92 Å². The summed E-state index contributed by atoms with van der Waals surface area (Å²) in [6.45, 7) is 5.99. The molecule has 1 saturated carbocycles. The van der Waals surface area contributed by atoms with E-state index in [0.29, 0.717) is 12.1 Å². The minimum absolute atomic E-state index is 0.669. The number of rotatable bonds is 5. The first-order valence-corrected chi connectivity index (χ1v) is 7.75. The molecule has 0 aromatic heterocycles. The van der Waals surface area contributed by atoms with Crippen molar-refractivity contribution in [3.8, 4) is 0 Å². The second-order valence-corrected chi connectivity index (χ2v) is 6.28. The van der Waals surface area contributed by atoms with E-state index < -0.39 is 0 Å². The quantitative estimate of drug-likeness (QED) is 0.769. The minimum Gasteiger partial charge on any atom is -0.314 e. The Morgan fingerprint density at radius 3 is 2.47 bits per heavy atom. The van der Waals surface area contributed by atoms with Crippen LogP contribution in [0.1, 0.15) is 65.2 Å². The highest BCUT2D eigenvalue weighted by Gasteiger charge is 2.23. The zero-order chi connectivity index (χ0) is 12.1. The normalized spacial score (nSPS) is 30.4. The van der Waals surface area contributed by atoms with Gasteiger partial charge >= 0.3 is 0 Å². The van der Waals surface area contributed by atoms with Gasteiger partial charge in [-0.1, -0.05) is 19.3 Å². The van der Waals surface area contributed by atoms with Crippen molar-refractivity contribution in [2.24, 2.45) is 5.92 Å². The Balaban J connectivity index is 1.67. The Morgan fingerprint density at radius 2 is 1.82 bits per heavy atom. The first-order chi connectivity index (χ1) is 8.25. The Bertz CT molecular complexity index is 205. The molecule has 3 atom stereocenters. The molecule has 1 aliphatic carbocycles. The van der Waals surface area contributed by atoms with Gasteiger partial charge in [0.2, 0.25) is 0 Å². The van der Waals surface area contributed by atoms with E-state index in [9.17, 15) is 0 Å². The van der Waals surface area contributed by atoms with E-state index in [0.717, 1.165) is 12.0 Å². The summed E-state index contributed by atoms with van der Waals surface area (Å²) in [5, 5.41) is 7.44. The first kappa shape index (κ1) is 13.4. The highest BCUT2D eigenvalue weighted by Crippen LogP contribution is 2.26. The lowest BCUT2D eigenvalue weighted by Crippen LogP contribution is -2.42. The van der Waals surface area contributed by atoms with Crippen LogP contribution in [-0.4, -0.2) is 24.7 Å². The lowest BCUT2D eigenvalue weighted by atomic mass is 9.84. The summed E-state index contributed by atoms with van der Waals surface area (Å²) in [5.41, 5.74) is 0. The predicted molar refractivity (Wildman–Crippen MR) is 74.3 cm³/mol. The molecule has 0 radical (unpaired) electrons. The summed E-state index contributed by atoms with van der Waals surface area (Å²) in [5.74, 6) is 0.933. The van der Waals surface area contributed by atoms with Gasteiger partial charge in [-0.15, -0.1) is 0 Å². The monoisotopic (exact) mass is 238 g/mol. The molecule has 2 N–H and O–H groups in total. The van der Waals surface area contributed by atoms with Crippen LogP contribution in [0.5, 0.6) is 0 Å². The molecule has 0 spiro atoms. The zero-order valence-electron chi connectivity index (χ0n) is 11.7. The van der Waals surface area contributed by atoms with Crippen molar-refractivity contribution in [2.75, 3.05) is 6.54 Å². The number of hydrogen-bond donors (Lipinski definition) is 2. The molecule has 0 aromatic rings. The van der Waals surface area contributed by atoms with Crippen LogP contribution in [0.2, 0.25) is 0 Å². The van der Waals surface area contributed by atoms with Crippen molar-refractivity contribution in [1.29, 1.82) is 0 Å². The Morgan fingerprint density at radius 1 is 1.06 bits per heavy atom. The van der Waals surface area contributed by atoms with E-state index in [-0.39, 0.29) is 0 Å². The van der Waals surface area contributed by atoms with Gasteiger partial charge in [-0.05, 0) is 58.4 Å². The number of nitrogens with one attached hydrogen (secondary N) is 2. The molecule has 1 heterocycles. The van der Waals surface area contributed by atoms with E-state index in [1.807, 2.05) is 0 Å². The summed E-state index contributed by atoms with van der Waals surface area (Å²) in [6, 6.07) is 2.16. The van der Waals surface area contributed by atoms with Gasteiger partial charge in [0, 0.05) is 18.1 Å². The fourth-order valence-electron chi connectivity index (χ4n) is 3.67. The lowest BCUT2D eigenvalue weighted by molar-refractivity contribution is 0.259. The molecule has 0 bridgehead atoms. The van der Waals surface area contributed by atoms with Crippen LogP contribution in [0.15, 0.2) is 0 Å². The van der Waals surface area contributed by atoms with Crippen LogP contribution < -0.4 is 10.6 Å². The maximum absolute atomic E-state index is 3.84. The third kappa shape index (κ3) is 4.26. The van der Waals surface area contributed by atoms with Gasteiger partial charge in [0.05, 0.1) is 0 Å². The molecular weight excluding hydrogens is 208 g/mol. The standard InChI is InChI=1S/C15H30N2/c1-12(11-15-9-6-10-16-15)17-13(2)14-7-4-3-5-8-14/h12-17H,3-11H2,1-2H3. The molecule has 3 unspecified atom stereocenters. The van der Waals surface area contributed by atoms with Gasteiger partial charge in [0.25, 0.3) is 0 Å². The zero-order valence-corrected chi connectivity index (χ0v) is 11.7. The molecule has 0 amide bonds. The molecule has 2 fully saturated rings. The molecule has 17 heavy (non-hydrogen) atoms. The maximum Gasteiger partial charge on any atom is 0.00822 e. The topological polar surface area (TPSA) is 24.1 Å². The third-order valence-electron chi connectivity index (χ3n) is 4.70. The highest BCUT2D eigenvalue weighted by atomic mass is 15.0. The van der Waals surface area contributed by atoms with E-state index in [4.69, 9.17) is 0 Å². The van der Waals surface area contributed by atoms with Gasteiger partial charge in [-0.3, -0.25) is 0 Å². The Kier molecular flexibility index (Phi) is 5.30. The van der Waals surface area contributed by atoms with Gasteiger partial charge in [0.15, 0.2) is 0 Å². The van der Waals surface area contributed by atoms with Crippen molar-refractivity contribution in [3.63, 3.8) is 0 Å². The second kappa shape index (κ2) is 6.75. The molecule has 2 rings (SSSR count). The number of hydrogen-bond acceptors (Lipinski definition) is 2. The summed E-state index contributed by atoms with van der Waals surface area (Å²) in [4.78, 5) is 0. The van der Waals surface area contributed by atoms with Crippen LogP contribution in [0.3, 0.4) is 0 Å². The molecule has 1 aliphatic heterocycles. The summed E-state index contributed by atoms with van der Waals surface area (Å²) < 4.78 is 0. The fourth-order valence-corrected chi connectivity index (χ4v) is 3.67. The average molecular weight is 238 g/mol. The minimum atomic E-state index is 0.669. The summed E-state index contributed by atoms with van der Waals surface area (Å²) >= 11 is 0. The predicted octanol–water partition coefficient (Wildman–Crippen LogP) is 3.08. The van der Waals surface area contributed by atoms with Gasteiger partial charge in [-0.25, -0.2) is 0 Å². The third-order valence-corrected chi connectivity index (χ3v) is 4.70. The van der Waals surface area contributed by atoms with E-state index >= 15 is 0 Å². The van der Waals surface area contributed by atoms with Crippen molar-refractivity contribution >= 4 is 0 Å². The SMILES string of the molecule is CC(CC1CCCN1)NC(C)C1CCCCC1. The van der Waals surface area contributed by atoms with E-state index in [1.54, 1.807) is 0 Å². The van der Waals surface area contributed by atoms with Crippen molar-refractivity contribution in [3.05, 3.63) is 0 Å². The van der Waals surface area contributed by atoms with Crippen LogP contribution in [0.4, 0.5) is 0 Å². The average Bonchev–Trinajstić information content (AvgIpc) is 2.82. The summed E-state index contributed by atoms with van der Waals surface area (Å²) in [6.07, 6.45) is 11.3. The Hall–Kier alpha value is -0.0800. The lowest BCUT2D eigenvalue weighted by Gasteiger charge is -2.31. The molecule has 2 aliphatic rings. The second-order valence-electron chi connectivity index (χ2n) is 6.28. The smallest absolute Gasteiger partial charge is 0.00822 e. The van der Waals surface area contributed by atoms with Crippen molar-refractivity contribution < 1.29 is 0 Å². The molecule has 2 nitrogen and oxygen atoms in total. The molecular formula is C15H30N2. The molecule has 2 heteroatoms. The van der Waals surface area contributed by atoms with E-state index in [2.05, 4.69) is 24.5 Å². The van der Waals surface area contributed by atoms with Crippen LogP contribution >= 0.6 is 0 Å². The summed E-state index contributed by atoms with van der Waals surface area (Å²) in [7, 11) is 0. The van der Waals surface area contributed by atoms with Gasteiger partial charge in [-0.2, -0.15) is 0 Å². The molecule has 0 aromatic carbocycles. The van der Waals surface area contributed by atoms with Crippen molar-refractivity contribution in [1.82, 2.24) is 10.6 Å². The van der Waals surface area contributed by atoms with Crippen LogP contribution in [0.25, 0.3) is 0 Å². The molecule has 1 saturated heterocycles. The van der Waals surface area contributed by atoms with Gasteiger partial charge in [0.1, 0.15) is 0 Å². The van der Waals surface area contributed by atoms with Gasteiger partial charge < -0.3 is 10.6 Å². The maximum atomic E-state index is 3.84. The first-order valence-electron chi connectivity index (χ1n) is 7.75. The van der Waals surface area contributed by atoms with E-state index in [1.165, 1.54) is 57.9 Å². The molecule has 100 valence electrons.